The van der Waals surface area contributed by atoms with Crippen LogP contribution in [0.5, 0.6) is 11.5 Å². The first kappa shape index (κ1) is 20.5. The molecule has 0 aliphatic carbocycles. The number of anilines is 1. The molecule has 6 heteroatoms. The van der Waals surface area contributed by atoms with Crippen molar-refractivity contribution in [2.45, 2.75) is 13.8 Å². The highest BCUT2D eigenvalue weighted by Crippen LogP contribution is 2.24. The number of ether oxygens (including phenoxy) is 2. The maximum Gasteiger partial charge on any atom is 0.262 e. The highest BCUT2D eigenvalue weighted by Gasteiger charge is 2.10. The predicted molar refractivity (Wildman–Crippen MR) is 106 cm³/mol. The topological polar surface area (TPSA) is 67.9 Å². The van der Waals surface area contributed by atoms with Gasteiger partial charge < -0.3 is 19.7 Å². The van der Waals surface area contributed by atoms with Crippen molar-refractivity contribution >= 4 is 17.9 Å². The van der Waals surface area contributed by atoms with Crippen LogP contribution >= 0.6 is 0 Å². The van der Waals surface area contributed by atoms with Gasteiger partial charge >= 0.3 is 0 Å². The largest absolute Gasteiger partial charge is 0.490 e. The summed E-state index contributed by atoms with van der Waals surface area (Å²) in [6.07, 6.45) is 0.701. The van der Waals surface area contributed by atoms with Crippen LogP contribution in [0.4, 0.5) is 5.69 Å². The molecule has 1 N–H and O–H groups in total. The van der Waals surface area contributed by atoms with Crippen LogP contribution in [0.2, 0.25) is 0 Å². The molecule has 0 radical (unpaired) electrons. The minimum absolute atomic E-state index is 0.196. The zero-order chi connectivity index (χ0) is 19.5. The van der Waals surface area contributed by atoms with E-state index in [1.165, 1.54) is 0 Å². The Morgan fingerprint density at radius 3 is 2.37 bits per heavy atom. The standard InChI is InChI=1S/C21H26N2O4/c1-3-23(4-2)13-14-26-20-12-8-6-10-18(20)22-21(25)16-27-19-11-7-5-9-17(19)15-24/h5-12,15H,3-4,13-14,16H2,1-2H3,(H,22,25). The van der Waals surface area contributed by atoms with Gasteiger partial charge in [0.15, 0.2) is 12.9 Å². The van der Waals surface area contributed by atoms with Gasteiger partial charge in [0.1, 0.15) is 18.1 Å². The summed E-state index contributed by atoms with van der Waals surface area (Å²) in [5.74, 6) is 0.674. The zero-order valence-corrected chi connectivity index (χ0v) is 15.8. The van der Waals surface area contributed by atoms with Crippen LogP contribution in [0.15, 0.2) is 48.5 Å². The molecule has 6 nitrogen and oxygen atoms in total. The second-order valence-electron chi connectivity index (χ2n) is 5.86. The Labute approximate surface area is 160 Å². The first-order valence-electron chi connectivity index (χ1n) is 9.09. The van der Waals surface area contributed by atoms with Crippen LogP contribution in [0, 0.1) is 0 Å². The maximum atomic E-state index is 12.2. The summed E-state index contributed by atoms with van der Waals surface area (Å²) in [5, 5.41) is 2.79. The van der Waals surface area contributed by atoms with E-state index in [4.69, 9.17) is 9.47 Å². The van der Waals surface area contributed by atoms with Gasteiger partial charge in [-0.05, 0) is 37.4 Å². The van der Waals surface area contributed by atoms with E-state index >= 15 is 0 Å². The van der Waals surface area contributed by atoms with Crippen molar-refractivity contribution in [3.63, 3.8) is 0 Å². The van der Waals surface area contributed by atoms with Crippen molar-refractivity contribution in [1.29, 1.82) is 0 Å². The lowest BCUT2D eigenvalue weighted by Gasteiger charge is -2.19. The third-order valence-electron chi connectivity index (χ3n) is 4.13. The summed E-state index contributed by atoms with van der Waals surface area (Å²) in [7, 11) is 0. The van der Waals surface area contributed by atoms with Crippen LogP contribution < -0.4 is 14.8 Å². The molecule has 2 aromatic rings. The Morgan fingerprint density at radius 2 is 1.67 bits per heavy atom. The van der Waals surface area contributed by atoms with E-state index in [1.807, 2.05) is 18.2 Å². The lowest BCUT2D eigenvalue weighted by atomic mass is 10.2. The van der Waals surface area contributed by atoms with Crippen LogP contribution in [-0.2, 0) is 4.79 Å². The van der Waals surface area contributed by atoms with Gasteiger partial charge in [-0.1, -0.05) is 38.1 Å². The molecule has 0 saturated carbocycles. The van der Waals surface area contributed by atoms with Crippen molar-refractivity contribution in [3.05, 3.63) is 54.1 Å². The van der Waals surface area contributed by atoms with Gasteiger partial charge in [0.2, 0.25) is 0 Å². The summed E-state index contributed by atoms with van der Waals surface area (Å²) in [6, 6.07) is 14.1. The number of amides is 1. The Morgan fingerprint density at radius 1 is 1.00 bits per heavy atom. The summed E-state index contributed by atoms with van der Waals surface area (Å²) < 4.78 is 11.3. The van der Waals surface area contributed by atoms with E-state index in [2.05, 4.69) is 24.1 Å². The molecular weight excluding hydrogens is 344 g/mol. The molecule has 0 aliphatic rings. The van der Waals surface area contributed by atoms with Crippen LogP contribution in [-0.4, -0.2) is 49.9 Å². The zero-order valence-electron chi connectivity index (χ0n) is 15.8. The van der Waals surface area contributed by atoms with Gasteiger partial charge in [-0.25, -0.2) is 0 Å². The van der Waals surface area contributed by atoms with Gasteiger partial charge in [0, 0.05) is 6.54 Å². The highest BCUT2D eigenvalue weighted by molar-refractivity contribution is 5.93. The Balaban J connectivity index is 1.90. The number of hydrogen-bond donors (Lipinski definition) is 1. The van der Waals surface area contributed by atoms with E-state index in [9.17, 15) is 9.59 Å². The van der Waals surface area contributed by atoms with Crippen molar-refractivity contribution in [2.24, 2.45) is 0 Å². The summed E-state index contributed by atoms with van der Waals surface area (Å²) in [6.45, 7) is 7.33. The number of rotatable bonds is 11. The number of para-hydroxylation sites is 3. The normalized spacial score (nSPS) is 10.5. The van der Waals surface area contributed by atoms with Gasteiger partial charge in [0.05, 0.1) is 11.3 Å². The number of aldehydes is 1. The number of benzene rings is 2. The molecule has 0 fully saturated rings. The van der Waals surface area contributed by atoms with E-state index in [0.717, 1.165) is 19.6 Å². The van der Waals surface area contributed by atoms with E-state index in [1.54, 1.807) is 30.3 Å². The number of likely N-dealkylation sites (N-methyl/N-ethyl adjacent to an activating group) is 1. The molecule has 144 valence electrons. The predicted octanol–water partition coefficient (Wildman–Crippen LogP) is 3.24. The third-order valence-corrected chi connectivity index (χ3v) is 4.13. The molecule has 2 aromatic carbocycles. The highest BCUT2D eigenvalue weighted by atomic mass is 16.5. The minimum atomic E-state index is -0.324. The summed E-state index contributed by atoms with van der Waals surface area (Å²) in [5.41, 5.74) is 1.000. The molecule has 0 heterocycles. The van der Waals surface area contributed by atoms with Gasteiger partial charge in [-0.2, -0.15) is 0 Å². The fourth-order valence-corrected chi connectivity index (χ4v) is 2.56. The van der Waals surface area contributed by atoms with Gasteiger partial charge in [-0.15, -0.1) is 0 Å². The Kier molecular flexibility index (Phi) is 8.32. The quantitative estimate of drug-likeness (QED) is 0.615. The number of nitrogens with zero attached hydrogens (tertiary/aromatic N) is 1. The number of carbonyl (C=O) groups excluding carboxylic acids is 2. The molecule has 0 spiro atoms. The molecule has 0 aliphatic heterocycles. The van der Waals surface area contributed by atoms with Crippen molar-refractivity contribution < 1.29 is 19.1 Å². The molecular formula is C21H26N2O4. The minimum Gasteiger partial charge on any atom is -0.490 e. The molecule has 27 heavy (non-hydrogen) atoms. The van der Waals surface area contributed by atoms with Crippen molar-refractivity contribution in [2.75, 3.05) is 38.2 Å². The van der Waals surface area contributed by atoms with Gasteiger partial charge in [0.25, 0.3) is 5.91 Å². The average Bonchev–Trinajstić information content (AvgIpc) is 2.71. The van der Waals surface area contributed by atoms with E-state index in [0.29, 0.717) is 35.6 Å². The van der Waals surface area contributed by atoms with Crippen LogP contribution in [0.25, 0.3) is 0 Å². The third kappa shape index (κ3) is 6.42. The smallest absolute Gasteiger partial charge is 0.262 e. The Hall–Kier alpha value is -2.86. The molecule has 0 bridgehead atoms. The molecule has 0 aromatic heterocycles. The average molecular weight is 370 g/mol. The molecule has 0 unspecified atom stereocenters. The molecule has 0 saturated heterocycles. The number of nitrogens with one attached hydrogen (secondary N) is 1. The maximum absolute atomic E-state index is 12.2. The molecule has 2 rings (SSSR count). The monoisotopic (exact) mass is 370 g/mol. The SMILES string of the molecule is CCN(CC)CCOc1ccccc1NC(=O)COc1ccccc1C=O. The first-order chi connectivity index (χ1) is 13.2. The second-order valence-corrected chi connectivity index (χ2v) is 5.86. The first-order valence-corrected chi connectivity index (χ1v) is 9.09. The van der Waals surface area contributed by atoms with Crippen molar-refractivity contribution in [3.8, 4) is 11.5 Å². The van der Waals surface area contributed by atoms with Gasteiger partial charge in [-0.3, -0.25) is 9.59 Å². The number of hydrogen-bond acceptors (Lipinski definition) is 5. The summed E-state index contributed by atoms with van der Waals surface area (Å²) in [4.78, 5) is 25.5. The lowest BCUT2D eigenvalue weighted by molar-refractivity contribution is -0.118. The fourth-order valence-electron chi connectivity index (χ4n) is 2.56. The van der Waals surface area contributed by atoms with Crippen LogP contribution in [0.3, 0.4) is 0 Å². The molecule has 1 amide bonds. The summed E-state index contributed by atoms with van der Waals surface area (Å²) >= 11 is 0. The van der Waals surface area contributed by atoms with E-state index in [-0.39, 0.29) is 12.5 Å². The fraction of sp³-hybridized carbons (Fsp3) is 0.333. The van der Waals surface area contributed by atoms with E-state index < -0.39 is 0 Å². The Bertz CT molecular complexity index is 744. The van der Waals surface area contributed by atoms with Crippen molar-refractivity contribution in [1.82, 2.24) is 4.90 Å². The lowest BCUT2D eigenvalue weighted by Crippen LogP contribution is -2.28. The second kappa shape index (κ2) is 11.0. The van der Waals surface area contributed by atoms with Crippen LogP contribution in [0.1, 0.15) is 24.2 Å². The number of carbonyl (C=O) groups is 2. The molecule has 0 atom stereocenters.